The van der Waals surface area contributed by atoms with Crippen molar-refractivity contribution in [3.8, 4) is 0 Å². The fourth-order valence-electron chi connectivity index (χ4n) is 5.86. The minimum atomic E-state index is -0.0988. The topological polar surface area (TPSA) is 92.7 Å². The number of aromatic nitrogens is 3. The minimum absolute atomic E-state index is 0.0125. The van der Waals surface area contributed by atoms with Crippen molar-refractivity contribution in [2.45, 2.75) is 37.6 Å². The molecule has 1 aromatic carbocycles. The maximum atomic E-state index is 13.5. The van der Waals surface area contributed by atoms with E-state index in [9.17, 15) is 4.79 Å². The summed E-state index contributed by atoms with van der Waals surface area (Å²) in [6.07, 6.45) is 8.79. The first-order valence-electron chi connectivity index (χ1n) is 13.9. The molecule has 2 saturated heterocycles. The number of ether oxygens (including phenoxy) is 2. The van der Waals surface area contributed by atoms with E-state index in [1.54, 1.807) is 0 Å². The summed E-state index contributed by atoms with van der Waals surface area (Å²) in [6.45, 7) is 6.54. The predicted molar refractivity (Wildman–Crippen MR) is 145 cm³/mol. The molecule has 1 aliphatic carbocycles. The second-order valence-electron chi connectivity index (χ2n) is 10.4. The molecular weight excluding hydrogens is 480 g/mol. The fraction of sp³-hybridized carbons (Fsp3) is 0.517. The Morgan fingerprint density at radius 1 is 0.947 bits per heavy atom. The van der Waals surface area contributed by atoms with E-state index in [2.05, 4.69) is 15.1 Å². The van der Waals surface area contributed by atoms with Gasteiger partial charge in [0, 0.05) is 67.5 Å². The number of rotatable bonds is 7. The molecule has 38 heavy (non-hydrogen) atoms. The van der Waals surface area contributed by atoms with Gasteiger partial charge >= 0.3 is 0 Å². The van der Waals surface area contributed by atoms with Crippen molar-refractivity contribution >= 4 is 22.6 Å². The summed E-state index contributed by atoms with van der Waals surface area (Å²) in [6, 6.07) is 9.75. The first-order valence-corrected chi connectivity index (χ1v) is 13.9. The van der Waals surface area contributed by atoms with Gasteiger partial charge in [-0.2, -0.15) is 0 Å². The van der Waals surface area contributed by atoms with Gasteiger partial charge in [-0.1, -0.05) is 18.9 Å². The van der Waals surface area contributed by atoms with E-state index in [0.717, 1.165) is 54.3 Å². The quantitative estimate of drug-likeness (QED) is 0.511. The average molecular weight is 517 g/mol. The van der Waals surface area contributed by atoms with Crippen molar-refractivity contribution in [1.29, 1.82) is 0 Å². The van der Waals surface area contributed by atoms with E-state index in [0.29, 0.717) is 44.5 Å². The van der Waals surface area contributed by atoms with Crippen LogP contribution in [0, 0.1) is 0 Å². The number of anilines is 1. The molecule has 3 aromatic rings. The molecule has 1 atom stereocenters. The lowest BCUT2D eigenvalue weighted by Gasteiger charge is -2.34. The van der Waals surface area contributed by atoms with Gasteiger partial charge < -0.3 is 19.7 Å². The van der Waals surface area contributed by atoms with Crippen LogP contribution in [0.4, 0.5) is 5.82 Å². The molecule has 200 valence electrons. The number of pyridine rings is 1. The number of hydrogen-bond donors (Lipinski definition) is 1. The van der Waals surface area contributed by atoms with Crippen LogP contribution in [0.15, 0.2) is 42.7 Å². The van der Waals surface area contributed by atoms with Gasteiger partial charge in [0.15, 0.2) is 0 Å². The number of carbonyl (C=O) groups excluding carboxylic acids is 1. The number of nitrogens with zero attached hydrogens (tertiary/aromatic N) is 5. The fourth-order valence-corrected chi connectivity index (χ4v) is 5.86. The molecule has 3 aliphatic rings. The highest BCUT2D eigenvalue weighted by atomic mass is 16.5. The Morgan fingerprint density at radius 2 is 1.66 bits per heavy atom. The molecule has 1 saturated carbocycles. The molecule has 0 bridgehead atoms. The summed E-state index contributed by atoms with van der Waals surface area (Å²) in [5.74, 6) is 2.26. The summed E-state index contributed by atoms with van der Waals surface area (Å²) in [5.41, 5.74) is 2.49. The number of benzene rings is 1. The molecule has 0 radical (unpaired) electrons. The van der Waals surface area contributed by atoms with Gasteiger partial charge in [0.25, 0.3) is 5.91 Å². The van der Waals surface area contributed by atoms with Crippen LogP contribution >= 0.6 is 0 Å². The van der Waals surface area contributed by atoms with E-state index in [1.807, 2.05) is 42.7 Å². The minimum Gasteiger partial charge on any atom is -0.379 e. The molecular formula is C29H36N6O3. The number of amides is 1. The van der Waals surface area contributed by atoms with E-state index < -0.39 is 0 Å². The van der Waals surface area contributed by atoms with Crippen molar-refractivity contribution < 1.29 is 14.3 Å². The monoisotopic (exact) mass is 516 g/mol. The first-order chi connectivity index (χ1) is 18.8. The van der Waals surface area contributed by atoms with Crippen LogP contribution in [0.5, 0.6) is 0 Å². The van der Waals surface area contributed by atoms with Gasteiger partial charge in [-0.15, -0.1) is 0 Å². The highest BCUT2D eigenvalue weighted by molar-refractivity contribution is 6.06. The van der Waals surface area contributed by atoms with Gasteiger partial charge in [0.1, 0.15) is 11.6 Å². The second kappa shape index (κ2) is 11.7. The zero-order valence-electron chi connectivity index (χ0n) is 21.8. The van der Waals surface area contributed by atoms with Crippen molar-refractivity contribution in [3.63, 3.8) is 0 Å². The van der Waals surface area contributed by atoms with Crippen molar-refractivity contribution in [2.75, 3.05) is 64.1 Å². The average Bonchev–Trinajstić information content (AvgIpc) is 3.53. The molecule has 1 unspecified atom stereocenters. The zero-order valence-corrected chi connectivity index (χ0v) is 21.8. The number of hydrogen-bond acceptors (Lipinski definition) is 8. The summed E-state index contributed by atoms with van der Waals surface area (Å²) in [5, 5.41) is 4.06. The van der Waals surface area contributed by atoms with E-state index in [4.69, 9.17) is 24.4 Å². The highest BCUT2D eigenvalue weighted by Crippen LogP contribution is 2.32. The van der Waals surface area contributed by atoms with Crippen LogP contribution in [0.3, 0.4) is 0 Å². The lowest BCUT2D eigenvalue weighted by Crippen LogP contribution is -2.44. The highest BCUT2D eigenvalue weighted by Gasteiger charge is 2.26. The third-order valence-corrected chi connectivity index (χ3v) is 8.04. The summed E-state index contributed by atoms with van der Waals surface area (Å²) in [7, 11) is 0. The van der Waals surface area contributed by atoms with Crippen molar-refractivity contribution in [3.05, 3.63) is 59.7 Å². The Bertz CT molecular complexity index is 1230. The Hall–Kier alpha value is -3.14. The van der Waals surface area contributed by atoms with Gasteiger partial charge in [-0.05, 0) is 37.1 Å². The lowest BCUT2D eigenvalue weighted by atomic mass is 10.0. The molecule has 2 aromatic heterocycles. The summed E-state index contributed by atoms with van der Waals surface area (Å²) < 4.78 is 11.1. The Kier molecular flexibility index (Phi) is 7.76. The molecule has 1 N–H and O–H groups in total. The first kappa shape index (κ1) is 25.2. The number of nitrogens with one attached hydrogen (secondary N) is 1. The van der Waals surface area contributed by atoms with Gasteiger partial charge in [-0.25, -0.2) is 15.0 Å². The maximum Gasteiger partial charge on any atom is 0.252 e. The van der Waals surface area contributed by atoms with Crippen LogP contribution in [-0.4, -0.2) is 84.9 Å². The molecule has 2 aliphatic heterocycles. The predicted octanol–water partition coefficient (Wildman–Crippen LogP) is 3.32. The number of carbonyl (C=O) groups is 1. The maximum absolute atomic E-state index is 13.5. The Balaban J connectivity index is 1.19. The molecule has 6 rings (SSSR count). The van der Waals surface area contributed by atoms with Crippen LogP contribution in [0.2, 0.25) is 0 Å². The zero-order chi connectivity index (χ0) is 25.7. The second-order valence-corrected chi connectivity index (χ2v) is 10.4. The van der Waals surface area contributed by atoms with Gasteiger partial charge in [0.2, 0.25) is 0 Å². The van der Waals surface area contributed by atoms with E-state index in [-0.39, 0.29) is 11.9 Å². The molecule has 9 heteroatoms. The van der Waals surface area contributed by atoms with Crippen LogP contribution < -0.4 is 10.2 Å². The normalized spacial score (nSPS) is 20.1. The largest absolute Gasteiger partial charge is 0.379 e. The number of fused-ring (bicyclic) bond motifs is 1. The smallest absolute Gasteiger partial charge is 0.252 e. The summed E-state index contributed by atoms with van der Waals surface area (Å²) >= 11 is 0. The standard InChI is InChI=1S/C29H36N6O3/c36-29(24-6-3-7-25-23(24)8-9-27(33-25)35-12-16-38-17-13-35)32-20-26(34-10-14-37-15-11-34)22-18-30-28(31-19-22)21-4-1-2-5-21/h3,6-9,18-19,21,26H,1-2,4-5,10-17,20H2,(H,32,36). The van der Waals surface area contributed by atoms with Gasteiger partial charge in [0.05, 0.1) is 38.0 Å². The van der Waals surface area contributed by atoms with Crippen molar-refractivity contribution in [1.82, 2.24) is 25.2 Å². The van der Waals surface area contributed by atoms with Crippen LogP contribution in [0.25, 0.3) is 10.9 Å². The third kappa shape index (κ3) is 5.50. The number of morpholine rings is 2. The molecule has 4 heterocycles. The lowest BCUT2D eigenvalue weighted by molar-refractivity contribution is 0.0161. The SMILES string of the molecule is O=C(NCC(c1cnc(C2CCCC2)nc1)N1CCOCC1)c1cccc2nc(N3CCOCC3)ccc12. The molecule has 3 fully saturated rings. The van der Waals surface area contributed by atoms with Crippen molar-refractivity contribution in [2.24, 2.45) is 0 Å². The van der Waals surface area contributed by atoms with Crippen LogP contribution in [0.1, 0.15) is 59.4 Å². The summed E-state index contributed by atoms with van der Waals surface area (Å²) in [4.78, 5) is 32.4. The molecule has 0 spiro atoms. The third-order valence-electron chi connectivity index (χ3n) is 8.04. The van der Waals surface area contributed by atoms with Gasteiger partial charge in [-0.3, -0.25) is 9.69 Å². The van der Waals surface area contributed by atoms with Crippen LogP contribution in [-0.2, 0) is 9.47 Å². The van der Waals surface area contributed by atoms with E-state index in [1.165, 1.54) is 25.7 Å². The van der Waals surface area contributed by atoms with E-state index >= 15 is 0 Å². The Labute approximate surface area is 223 Å². The molecule has 9 nitrogen and oxygen atoms in total. The molecule has 1 amide bonds. The Morgan fingerprint density at radius 3 is 2.39 bits per heavy atom.